The normalized spacial score (nSPS) is 13.6. The Morgan fingerprint density at radius 1 is 1.19 bits per heavy atom. The van der Waals surface area contributed by atoms with Gasteiger partial charge < -0.3 is 16.0 Å². The third-order valence-electron chi connectivity index (χ3n) is 2.95. The summed E-state index contributed by atoms with van der Waals surface area (Å²) in [4.78, 5) is 15.3. The van der Waals surface area contributed by atoms with Crippen LogP contribution in [0.5, 0.6) is 0 Å². The molecule has 1 aliphatic carbocycles. The van der Waals surface area contributed by atoms with Crippen LogP contribution in [0.3, 0.4) is 0 Å². The molecule has 1 heterocycles. The molecule has 108 valence electrons. The summed E-state index contributed by atoms with van der Waals surface area (Å²) in [7, 11) is 0. The van der Waals surface area contributed by atoms with Crippen molar-refractivity contribution in [3.05, 3.63) is 30.5 Å². The molecule has 0 radical (unpaired) electrons. The number of nitrogens with zero attached hydrogens (tertiary/aromatic N) is 3. The highest BCUT2D eigenvalue weighted by Gasteiger charge is 2.22. The van der Waals surface area contributed by atoms with Crippen LogP contribution in [0.4, 0.5) is 23.1 Å². The molecule has 3 N–H and O–H groups in total. The van der Waals surface area contributed by atoms with Gasteiger partial charge in [-0.15, -0.1) is 5.10 Å². The van der Waals surface area contributed by atoms with Gasteiger partial charge >= 0.3 is 0 Å². The van der Waals surface area contributed by atoms with Gasteiger partial charge in [0.15, 0.2) is 5.82 Å². The van der Waals surface area contributed by atoms with Crippen LogP contribution in [0.2, 0.25) is 0 Å². The van der Waals surface area contributed by atoms with Crippen LogP contribution in [0.15, 0.2) is 30.5 Å². The quantitative estimate of drug-likeness (QED) is 0.779. The van der Waals surface area contributed by atoms with Gasteiger partial charge in [-0.1, -0.05) is 0 Å². The predicted molar refractivity (Wildman–Crippen MR) is 80.5 cm³/mol. The Morgan fingerprint density at radius 3 is 2.57 bits per heavy atom. The number of hydrogen-bond donors (Lipinski definition) is 3. The first-order chi connectivity index (χ1) is 10.2. The highest BCUT2D eigenvalue weighted by atomic mass is 16.1. The van der Waals surface area contributed by atoms with Crippen molar-refractivity contribution in [1.29, 1.82) is 0 Å². The average Bonchev–Trinajstić information content (AvgIpc) is 3.25. The fourth-order valence-corrected chi connectivity index (χ4v) is 1.82. The topological polar surface area (TPSA) is 91.8 Å². The van der Waals surface area contributed by atoms with Gasteiger partial charge in [-0.3, -0.25) is 4.79 Å². The van der Waals surface area contributed by atoms with E-state index in [9.17, 15) is 4.79 Å². The fourth-order valence-electron chi connectivity index (χ4n) is 1.82. The minimum Gasteiger partial charge on any atom is -0.350 e. The monoisotopic (exact) mass is 284 g/mol. The lowest BCUT2D eigenvalue weighted by Crippen LogP contribution is -2.08. The molecular weight excluding hydrogens is 268 g/mol. The molecule has 0 unspecified atom stereocenters. The van der Waals surface area contributed by atoms with E-state index >= 15 is 0 Å². The SMILES string of the molecule is CC(=O)Nc1ccc(Nc2cnnc(NC3CC3)n2)cc1. The zero-order valence-corrected chi connectivity index (χ0v) is 11.6. The lowest BCUT2D eigenvalue weighted by Gasteiger charge is -2.08. The minimum atomic E-state index is -0.0912. The smallest absolute Gasteiger partial charge is 0.244 e. The Balaban J connectivity index is 1.66. The molecule has 0 aliphatic heterocycles. The molecule has 1 fully saturated rings. The summed E-state index contributed by atoms with van der Waals surface area (Å²) in [5, 5.41) is 16.9. The number of anilines is 4. The zero-order chi connectivity index (χ0) is 14.7. The first-order valence-electron chi connectivity index (χ1n) is 6.80. The Morgan fingerprint density at radius 2 is 1.90 bits per heavy atom. The van der Waals surface area contributed by atoms with Crippen molar-refractivity contribution in [3.63, 3.8) is 0 Å². The number of carbonyl (C=O) groups is 1. The fraction of sp³-hybridized carbons (Fsp3) is 0.286. The van der Waals surface area contributed by atoms with Gasteiger partial charge in [-0.05, 0) is 37.1 Å². The third-order valence-corrected chi connectivity index (χ3v) is 2.95. The van der Waals surface area contributed by atoms with Crippen molar-refractivity contribution in [2.24, 2.45) is 0 Å². The molecule has 1 aliphatic rings. The molecule has 2 aromatic rings. The van der Waals surface area contributed by atoms with E-state index in [1.165, 1.54) is 6.92 Å². The van der Waals surface area contributed by atoms with Crippen molar-refractivity contribution < 1.29 is 4.79 Å². The van der Waals surface area contributed by atoms with Gasteiger partial charge in [0.25, 0.3) is 0 Å². The summed E-state index contributed by atoms with van der Waals surface area (Å²) in [5.74, 6) is 1.07. The van der Waals surface area contributed by atoms with Gasteiger partial charge in [-0.25, -0.2) is 0 Å². The molecule has 7 heteroatoms. The van der Waals surface area contributed by atoms with Crippen LogP contribution in [0.1, 0.15) is 19.8 Å². The van der Waals surface area contributed by atoms with Crippen molar-refractivity contribution in [1.82, 2.24) is 15.2 Å². The first kappa shape index (κ1) is 13.3. The molecular formula is C14H16N6O. The molecule has 1 aromatic carbocycles. The summed E-state index contributed by atoms with van der Waals surface area (Å²) < 4.78 is 0. The van der Waals surface area contributed by atoms with Gasteiger partial charge in [-0.2, -0.15) is 10.1 Å². The van der Waals surface area contributed by atoms with E-state index in [0.717, 1.165) is 24.2 Å². The second-order valence-electron chi connectivity index (χ2n) is 4.97. The Bertz CT molecular complexity index is 638. The molecule has 1 saturated carbocycles. The van der Waals surface area contributed by atoms with Gasteiger partial charge in [0.1, 0.15) is 0 Å². The van der Waals surface area contributed by atoms with E-state index in [4.69, 9.17) is 0 Å². The molecule has 0 atom stereocenters. The Labute approximate surface area is 122 Å². The largest absolute Gasteiger partial charge is 0.350 e. The average molecular weight is 284 g/mol. The second-order valence-corrected chi connectivity index (χ2v) is 4.97. The van der Waals surface area contributed by atoms with Crippen molar-refractivity contribution in [2.45, 2.75) is 25.8 Å². The number of amides is 1. The van der Waals surface area contributed by atoms with E-state index in [-0.39, 0.29) is 5.91 Å². The highest BCUT2D eigenvalue weighted by molar-refractivity contribution is 5.88. The number of rotatable bonds is 5. The predicted octanol–water partition coefficient (Wildman–Crippen LogP) is 2.15. The van der Waals surface area contributed by atoms with E-state index in [0.29, 0.717) is 17.8 Å². The summed E-state index contributed by atoms with van der Waals surface area (Å²) in [5.41, 5.74) is 1.62. The molecule has 0 bridgehead atoms. The molecule has 21 heavy (non-hydrogen) atoms. The van der Waals surface area contributed by atoms with Crippen LogP contribution < -0.4 is 16.0 Å². The molecule has 0 saturated heterocycles. The summed E-state index contributed by atoms with van der Waals surface area (Å²) >= 11 is 0. The number of nitrogens with one attached hydrogen (secondary N) is 3. The van der Waals surface area contributed by atoms with Crippen molar-refractivity contribution in [3.8, 4) is 0 Å². The van der Waals surface area contributed by atoms with E-state index < -0.39 is 0 Å². The van der Waals surface area contributed by atoms with Crippen LogP contribution in [-0.2, 0) is 4.79 Å². The maximum Gasteiger partial charge on any atom is 0.244 e. The minimum absolute atomic E-state index is 0.0912. The standard InChI is InChI=1S/C14H16N6O/c1-9(21)16-10-2-4-11(5-3-10)17-13-8-15-20-14(19-13)18-12-6-7-12/h2-5,8,12H,6-7H2,1H3,(H,16,21)(H2,17,18,19,20). The maximum absolute atomic E-state index is 11.0. The molecule has 3 rings (SSSR count). The number of carbonyl (C=O) groups excluding carboxylic acids is 1. The maximum atomic E-state index is 11.0. The number of hydrogen-bond acceptors (Lipinski definition) is 6. The van der Waals surface area contributed by atoms with Crippen LogP contribution in [-0.4, -0.2) is 27.1 Å². The third kappa shape index (κ3) is 3.88. The molecule has 7 nitrogen and oxygen atoms in total. The molecule has 1 aromatic heterocycles. The van der Waals surface area contributed by atoms with Crippen LogP contribution in [0, 0.1) is 0 Å². The zero-order valence-electron chi connectivity index (χ0n) is 11.6. The number of benzene rings is 1. The summed E-state index contributed by atoms with van der Waals surface area (Å²) in [6.45, 7) is 1.48. The van der Waals surface area contributed by atoms with Crippen molar-refractivity contribution >= 4 is 29.0 Å². The first-order valence-corrected chi connectivity index (χ1v) is 6.80. The Kier molecular flexibility index (Phi) is 3.63. The van der Waals surface area contributed by atoms with Gasteiger partial charge in [0, 0.05) is 24.3 Å². The highest BCUT2D eigenvalue weighted by Crippen LogP contribution is 2.23. The van der Waals surface area contributed by atoms with Crippen LogP contribution in [0.25, 0.3) is 0 Å². The molecule has 1 amide bonds. The number of aromatic nitrogens is 3. The van der Waals surface area contributed by atoms with E-state index in [1.54, 1.807) is 6.20 Å². The second kappa shape index (κ2) is 5.74. The van der Waals surface area contributed by atoms with E-state index in [2.05, 4.69) is 31.1 Å². The molecule has 0 spiro atoms. The van der Waals surface area contributed by atoms with Crippen LogP contribution >= 0.6 is 0 Å². The Hall–Kier alpha value is -2.70. The van der Waals surface area contributed by atoms with Crippen molar-refractivity contribution in [2.75, 3.05) is 16.0 Å². The lowest BCUT2D eigenvalue weighted by atomic mass is 10.3. The summed E-state index contributed by atoms with van der Waals surface area (Å²) in [6, 6.07) is 7.85. The lowest BCUT2D eigenvalue weighted by molar-refractivity contribution is -0.114. The van der Waals surface area contributed by atoms with E-state index in [1.807, 2.05) is 24.3 Å². The van der Waals surface area contributed by atoms with Gasteiger partial charge in [0.2, 0.25) is 11.9 Å². The van der Waals surface area contributed by atoms with Gasteiger partial charge in [0.05, 0.1) is 6.20 Å². The summed E-state index contributed by atoms with van der Waals surface area (Å²) in [6.07, 6.45) is 3.89.